The second kappa shape index (κ2) is 2.45. The summed E-state index contributed by atoms with van der Waals surface area (Å²) >= 11 is 0. The molecule has 1 aromatic carbocycles. The number of rotatable bonds is 0. The molecule has 0 radical (unpaired) electrons. The number of ketones is 1. The molecule has 0 spiro atoms. The van der Waals surface area contributed by atoms with Crippen molar-refractivity contribution in [2.45, 2.75) is 12.8 Å². The standard InChI is InChI=1S/C9H8FNO2/c10-5-3-4-1-2-6(12)7(4)9(13)8(5)11/h3,13H,1-2,11H2. The van der Waals surface area contributed by atoms with Crippen LogP contribution in [-0.2, 0) is 6.42 Å². The molecule has 4 heteroatoms. The average Bonchev–Trinajstić information content (AvgIpc) is 2.43. The lowest BCUT2D eigenvalue weighted by Crippen LogP contribution is -1.98. The van der Waals surface area contributed by atoms with Gasteiger partial charge in [-0.2, -0.15) is 0 Å². The Morgan fingerprint density at radius 1 is 1.46 bits per heavy atom. The van der Waals surface area contributed by atoms with Gasteiger partial charge in [-0.05, 0) is 18.1 Å². The summed E-state index contributed by atoms with van der Waals surface area (Å²) in [5.41, 5.74) is 5.64. The summed E-state index contributed by atoms with van der Waals surface area (Å²) in [6, 6.07) is 1.22. The molecule has 0 saturated heterocycles. The molecule has 1 aromatic rings. The highest BCUT2D eigenvalue weighted by Crippen LogP contribution is 2.36. The van der Waals surface area contributed by atoms with Crippen molar-refractivity contribution in [1.82, 2.24) is 0 Å². The third kappa shape index (κ3) is 0.983. The van der Waals surface area contributed by atoms with E-state index in [1.165, 1.54) is 6.07 Å². The molecule has 0 unspecified atom stereocenters. The largest absolute Gasteiger partial charge is 0.505 e. The number of aromatic hydroxyl groups is 1. The molecule has 0 aromatic heterocycles. The fourth-order valence-corrected chi connectivity index (χ4v) is 1.58. The Balaban J connectivity index is 2.75. The highest BCUT2D eigenvalue weighted by atomic mass is 19.1. The number of aryl methyl sites for hydroxylation is 1. The van der Waals surface area contributed by atoms with E-state index in [1.807, 2.05) is 0 Å². The van der Waals surface area contributed by atoms with Crippen LogP contribution in [-0.4, -0.2) is 10.9 Å². The maximum absolute atomic E-state index is 13.0. The lowest BCUT2D eigenvalue weighted by Gasteiger charge is -2.05. The molecule has 68 valence electrons. The third-order valence-corrected chi connectivity index (χ3v) is 2.27. The summed E-state index contributed by atoms with van der Waals surface area (Å²) in [6.45, 7) is 0. The Morgan fingerprint density at radius 2 is 2.15 bits per heavy atom. The summed E-state index contributed by atoms with van der Waals surface area (Å²) in [5, 5.41) is 9.38. The number of anilines is 1. The number of fused-ring (bicyclic) bond motifs is 1. The van der Waals surface area contributed by atoms with Gasteiger partial charge in [-0.3, -0.25) is 4.79 Å². The zero-order chi connectivity index (χ0) is 9.59. The first kappa shape index (κ1) is 8.04. The zero-order valence-electron chi connectivity index (χ0n) is 6.80. The van der Waals surface area contributed by atoms with Crippen molar-refractivity contribution < 1.29 is 14.3 Å². The van der Waals surface area contributed by atoms with Crippen LogP contribution in [0.3, 0.4) is 0 Å². The van der Waals surface area contributed by atoms with Gasteiger partial charge in [0.1, 0.15) is 11.5 Å². The number of hydrogen-bond acceptors (Lipinski definition) is 3. The Kier molecular flexibility index (Phi) is 1.52. The molecule has 13 heavy (non-hydrogen) atoms. The van der Waals surface area contributed by atoms with Crippen LogP contribution in [0.1, 0.15) is 22.3 Å². The fourth-order valence-electron chi connectivity index (χ4n) is 1.58. The van der Waals surface area contributed by atoms with Gasteiger partial charge in [0.25, 0.3) is 0 Å². The van der Waals surface area contributed by atoms with E-state index in [2.05, 4.69) is 0 Å². The SMILES string of the molecule is Nc1c(F)cc2c(c1O)C(=O)CC2. The first-order chi connectivity index (χ1) is 6.11. The minimum absolute atomic E-state index is 0.167. The number of hydrogen-bond donors (Lipinski definition) is 2. The lowest BCUT2D eigenvalue weighted by molar-refractivity contribution is 0.0992. The minimum Gasteiger partial charge on any atom is -0.505 e. The van der Waals surface area contributed by atoms with Gasteiger partial charge >= 0.3 is 0 Å². The average molecular weight is 181 g/mol. The quantitative estimate of drug-likeness (QED) is 0.467. The van der Waals surface area contributed by atoms with Gasteiger partial charge < -0.3 is 10.8 Å². The van der Waals surface area contributed by atoms with E-state index < -0.39 is 11.6 Å². The van der Waals surface area contributed by atoms with E-state index in [1.54, 1.807) is 0 Å². The Hall–Kier alpha value is -1.58. The van der Waals surface area contributed by atoms with E-state index in [4.69, 9.17) is 5.73 Å². The smallest absolute Gasteiger partial charge is 0.167 e. The molecular formula is C9H8FNO2. The highest BCUT2D eigenvalue weighted by Gasteiger charge is 2.26. The molecule has 1 aliphatic rings. The number of carbonyl (C=O) groups excluding carboxylic acids is 1. The van der Waals surface area contributed by atoms with E-state index in [-0.39, 0.29) is 17.0 Å². The van der Waals surface area contributed by atoms with Gasteiger partial charge in [0.15, 0.2) is 11.5 Å². The van der Waals surface area contributed by atoms with Crippen LogP contribution in [0.2, 0.25) is 0 Å². The first-order valence-corrected chi connectivity index (χ1v) is 3.94. The van der Waals surface area contributed by atoms with Crippen molar-refractivity contribution in [1.29, 1.82) is 0 Å². The highest BCUT2D eigenvalue weighted by molar-refractivity contribution is 6.04. The van der Waals surface area contributed by atoms with Crippen molar-refractivity contribution in [3.05, 3.63) is 23.0 Å². The minimum atomic E-state index is -0.661. The Bertz CT molecular complexity index is 401. The van der Waals surface area contributed by atoms with Crippen molar-refractivity contribution in [3.8, 4) is 5.75 Å². The van der Waals surface area contributed by atoms with Crippen LogP contribution in [0.4, 0.5) is 10.1 Å². The van der Waals surface area contributed by atoms with Crippen LogP contribution < -0.4 is 5.73 Å². The molecule has 3 nitrogen and oxygen atoms in total. The molecule has 3 N–H and O–H groups in total. The van der Waals surface area contributed by atoms with Crippen LogP contribution in [0, 0.1) is 5.82 Å². The van der Waals surface area contributed by atoms with Crippen LogP contribution >= 0.6 is 0 Å². The summed E-state index contributed by atoms with van der Waals surface area (Å²) in [7, 11) is 0. The van der Waals surface area contributed by atoms with Crippen LogP contribution in [0.5, 0.6) is 5.75 Å². The van der Waals surface area contributed by atoms with Gasteiger partial charge in [-0.15, -0.1) is 0 Å². The molecule has 0 fully saturated rings. The second-order valence-electron chi connectivity index (χ2n) is 3.08. The molecule has 1 aliphatic carbocycles. The van der Waals surface area contributed by atoms with Gasteiger partial charge in [0.2, 0.25) is 0 Å². The van der Waals surface area contributed by atoms with E-state index in [0.29, 0.717) is 18.4 Å². The molecule has 2 rings (SSSR count). The van der Waals surface area contributed by atoms with Gasteiger partial charge in [-0.25, -0.2) is 4.39 Å². The molecule has 0 heterocycles. The molecule has 0 amide bonds. The van der Waals surface area contributed by atoms with Crippen molar-refractivity contribution in [2.24, 2.45) is 0 Å². The lowest BCUT2D eigenvalue weighted by atomic mass is 10.1. The number of Topliss-reactive ketones (excluding diaryl/α,β-unsaturated/α-hetero) is 1. The van der Waals surface area contributed by atoms with Crippen molar-refractivity contribution in [3.63, 3.8) is 0 Å². The summed E-state index contributed by atoms with van der Waals surface area (Å²) in [6.07, 6.45) is 0.810. The number of benzene rings is 1. The molecule has 0 atom stereocenters. The van der Waals surface area contributed by atoms with E-state index in [0.717, 1.165) is 0 Å². The number of carbonyl (C=O) groups is 1. The number of phenolic OH excluding ortho intramolecular Hbond substituents is 1. The predicted octanol–water partition coefficient (Wildman–Crippen LogP) is 1.24. The molecule has 0 bridgehead atoms. The second-order valence-corrected chi connectivity index (χ2v) is 3.08. The normalized spacial score (nSPS) is 14.7. The van der Waals surface area contributed by atoms with Gasteiger partial charge in [-0.1, -0.05) is 0 Å². The molecule has 0 saturated carbocycles. The van der Waals surface area contributed by atoms with Crippen molar-refractivity contribution >= 4 is 11.5 Å². The molecule has 0 aliphatic heterocycles. The first-order valence-electron chi connectivity index (χ1n) is 3.94. The van der Waals surface area contributed by atoms with Crippen LogP contribution in [0.25, 0.3) is 0 Å². The van der Waals surface area contributed by atoms with Gasteiger partial charge in [0.05, 0.1) is 5.56 Å². The number of nitrogens with two attached hydrogens (primary N) is 1. The number of halogens is 1. The topological polar surface area (TPSA) is 63.3 Å². The summed E-state index contributed by atoms with van der Waals surface area (Å²) in [4.78, 5) is 11.2. The summed E-state index contributed by atoms with van der Waals surface area (Å²) in [5.74, 6) is -1.23. The predicted molar refractivity (Wildman–Crippen MR) is 45.1 cm³/mol. The fraction of sp³-hybridized carbons (Fsp3) is 0.222. The number of phenols is 1. The monoisotopic (exact) mass is 181 g/mol. The van der Waals surface area contributed by atoms with E-state index in [9.17, 15) is 14.3 Å². The van der Waals surface area contributed by atoms with E-state index >= 15 is 0 Å². The maximum Gasteiger partial charge on any atom is 0.167 e. The van der Waals surface area contributed by atoms with Crippen LogP contribution in [0.15, 0.2) is 6.07 Å². The zero-order valence-corrected chi connectivity index (χ0v) is 6.80. The Labute approximate surface area is 74.0 Å². The Morgan fingerprint density at radius 3 is 2.85 bits per heavy atom. The third-order valence-electron chi connectivity index (χ3n) is 2.27. The molecular weight excluding hydrogens is 173 g/mol. The van der Waals surface area contributed by atoms with Gasteiger partial charge in [0, 0.05) is 6.42 Å². The summed E-state index contributed by atoms with van der Waals surface area (Å²) < 4.78 is 13.0. The maximum atomic E-state index is 13.0. The van der Waals surface area contributed by atoms with Crippen molar-refractivity contribution in [2.75, 3.05) is 5.73 Å². The number of nitrogen functional groups attached to an aromatic ring is 1.